The maximum Gasteiger partial charge on any atom is 0.573 e. The third-order valence-electron chi connectivity index (χ3n) is 3.10. The topological polar surface area (TPSA) is 38.8 Å². The Labute approximate surface area is 125 Å². The van der Waals surface area contributed by atoms with E-state index in [2.05, 4.69) is 10.7 Å². The summed E-state index contributed by atoms with van der Waals surface area (Å²) in [5, 5.41) is 0. The Morgan fingerprint density at radius 3 is 2.64 bits per heavy atom. The molecule has 1 saturated heterocycles. The van der Waals surface area contributed by atoms with Crippen molar-refractivity contribution in [1.82, 2.24) is 4.90 Å². The number of terminal acetylenes is 1. The number of hydrogen-bond donors (Lipinski definition) is 0. The highest BCUT2D eigenvalue weighted by molar-refractivity contribution is 5.86. The third-order valence-corrected chi connectivity index (χ3v) is 3.10. The van der Waals surface area contributed by atoms with Crippen LogP contribution in [0.4, 0.5) is 13.2 Å². The lowest BCUT2D eigenvalue weighted by atomic mass is 10.0. The highest BCUT2D eigenvalue weighted by atomic mass is 19.4. The summed E-state index contributed by atoms with van der Waals surface area (Å²) in [7, 11) is 0. The van der Waals surface area contributed by atoms with E-state index < -0.39 is 29.8 Å². The molecule has 4 nitrogen and oxygen atoms in total. The van der Waals surface area contributed by atoms with Gasteiger partial charge in [-0.1, -0.05) is 18.1 Å². The van der Waals surface area contributed by atoms with Crippen LogP contribution in [-0.2, 0) is 9.53 Å². The SMILES string of the molecule is C#CC(C)(C)N1C(=O)[CH]OC1c1cccc(OC(F)(F)F)c1. The van der Waals surface area contributed by atoms with Crippen molar-refractivity contribution >= 4 is 5.91 Å². The fourth-order valence-corrected chi connectivity index (χ4v) is 2.09. The van der Waals surface area contributed by atoms with Crippen LogP contribution in [0.2, 0.25) is 0 Å². The van der Waals surface area contributed by atoms with Crippen molar-refractivity contribution in [1.29, 1.82) is 0 Å². The summed E-state index contributed by atoms with van der Waals surface area (Å²) in [4.78, 5) is 13.2. The van der Waals surface area contributed by atoms with Crippen molar-refractivity contribution < 1.29 is 27.4 Å². The zero-order chi connectivity index (χ0) is 16.5. The molecule has 117 valence electrons. The molecule has 0 aliphatic carbocycles. The van der Waals surface area contributed by atoms with E-state index in [0.29, 0.717) is 5.56 Å². The number of carbonyl (C=O) groups is 1. The monoisotopic (exact) mass is 312 g/mol. The number of hydrogen-bond acceptors (Lipinski definition) is 3. The number of carbonyl (C=O) groups excluding carboxylic acids is 1. The predicted octanol–water partition coefficient (Wildman–Crippen LogP) is 3.02. The standard InChI is InChI=1S/C15H13F3NO3/c1-4-14(2,3)19-12(20)9-21-13(19)10-6-5-7-11(8-10)22-15(16,17)18/h1,5-9,13H,2-3H3. The molecule has 7 heteroatoms. The van der Waals surface area contributed by atoms with E-state index in [1.807, 2.05) is 0 Å². The molecule has 0 spiro atoms. The Bertz CT molecular complexity index is 619. The van der Waals surface area contributed by atoms with Crippen LogP contribution in [0.25, 0.3) is 0 Å². The third kappa shape index (κ3) is 3.34. The number of nitrogens with zero attached hydrogens (tertiary/aromatic N) is 1. The minimum absolute atomic E-state index is 0.326. The lowest BCUT2D eigenvalue weighted by molar-refractivity contribution is -0.274. The van der Waals surface area contributed by atoms with Gasteiger partial charge in [-0.3, -0.25) is 9.69 Å². The Hall–Kier alpha value is -2.20. The van der Waals surface area contributed by atoms with Gasteiger partial charge in [-0.25, -0.2) is 0 Å². The summed E-state index contributed by atoms with van der Waals surface area (Å²) in [6.45, 7) is 4.26. The summed E-state index contributed by atoms with van der Waals surface area (Å²) in [5.74, 6) is 1.61. The zero-order valence-corrected chi connectivity index (χ0v) is 11.8. The number of halogens is 3. The second-order valence-electron chi connectivity index (χ2n) is 5.14. The van der Waals surface area contributed by atoms with Crippen molar-refractivity contribution in [2.75, 3.05) is 0 Å². The molecule has 0 bridgehead atoms. The lowest BCUT2D eigenvalue weighted by Gasteiger charge is -2.34. The highest BCUT2D eigenvalue weighted by Crippen LogP contribution is 2.37. The number of rotatable bonds is 3. The molecule has 1 unspecified atom stereocenters. The molecule has 1 amide bonds. The van der Waals surface area contributed by atoms with Gasteiger partial charge in [0.1, 0.15) is 11.3 Å². The normalized spacial score (nSPS) is 19.2. The smallest absolute Gasteiger partial charge is 0.406 e. The molecule has 1 aromatic rings. The minimum atomic E-state index is -4.80. The van der Waals surface area contributed by atoms with Gasteiger partial charge in [0.05, 0.1) is 0 Å². The summed E-state index contributed by atoms with van der Waals surface area (Å²) in [6.07, 6.45) is -0.289. The molecule has 1 aromatic carbocycles. The van der Waals surface area contributed by atoms with E-state index in [9.17, 15) is 18.0 Å². The van der Waals surface area contributed by atoms with Gasteiger partial charge in [-0.2, -0.15) is 0 Å². The number of alkyl halides is 3. The van der Waals surface area contributed by atoms with Crippen LogP contribution >= 0.6 is 0 Å². The van der Waals surface area contributed by atoms with E-state index in [1.54, 1.807) is 13.8 Å². The van der Waals surface area contributed by atoms with Crippen LogP contribution in [-0.4, -0.2) is 22.7 Å². The summed E-state index contributed by atoms with van der Waals surface area (Å²) in [6, 6.07) is 5.22. The van der Waals surface area contributed by atoms with Crippen molar-refractivity contribution in [3.8, 4) is 18.1 Å². The second-order valence-corrected chi connectivity index (χ2v) is 5.14. The van der Waals surface area contributed by atoms with Gasteiger partial charge >= 0.3 is 6.36 Å². The fourth-order valence-electron chi connectivity index (χ4n) is 2.09. The fraction of sp³-hybridized carbons (Fsp3) is 0.333. The van der Waals surface area contributed by atoms with Crippen LogP contribution in [0.15, 0.2) is 24.3 Å². The molecular weight excluding hydrogens is 299 g/mol. The summed E-state index contributed by atoms with van der Waals surface area (Å²) < 4.78 is 46.0. The molecule has 1 radical (unpaired) electrons. The molecule has 0 aromatic heterocycles. The molecule has 22 heavy (non-hydrogen) atoms. The maximum absolute atomic E-state index is 12.3. The summed E-state index contributed by atoms with van der Waals surface area (Å²) >= 11 is 0. The minimum Gasteiger partial charge on any atom is -0.406 e. The van der Waals surface area contributed by atoms with Gasteiger partial charge in [0, 0.05) is 5.56 Å². The van der Waals surface area contributed by atoms with Crippen LogP contribution < -0.4 is 4.74 Å². The van der Waals surface area contributed by atoms with E-state index in [0.717, 1.165) is 18.7 Å². The first-order valence-corrected chi connectivity index (χ1v) is 6.29. The Morgan fingerprint density at radius 2 is 2.05 bits per heavy atom. The quantitative estimate of drug-likeness (QED) is 0.805. The van der Waals surface area contributed by atoms with Crippen molar-refractivity contribution in [2.45, 2.75) is 32.0 Å². The molecule has 1 aliphatic rings. The summed E-state index contributed by atoms with van der Waals surface area (Å²) in [5.41, 5.74) is -0.637. The van der Waals surface area contributed by atoms with Gasteiger partial charge in [0.15, 0.2) is 12.8 Å². The molecule has 1 aliphatic heterocycles. The van der Waals surface area contributed by atoms with Gasteiger partial charge in [-0.15, -0.1) is 19.6 Å². The second kappa shape index (κ2) is 5.54. The molecule has 1 fully saturated rings. The van der Waals surface area contributed by atoms with E-state index in [-0.39, 0.29) is 0 Å². The largest absolute Gasteiger partial charge is 0.573 e. The van der Waals surface area contributed by atoms with Crippen LogP contribution in [0.5, 0.6) is 5.75 Å². The Balaban J connectivity index is 2.33. The highest BCUT2D eigenvalue weighted by Gasteiger charge is 2.42. The predicted molar refractivity (Wildman–Crippen MR) is 71.0 cm³/mol. The first-order valence-electron chi connectivity index (χ1n) is 6.29. The van der Waals surface area contributed by atoms with E-state index >= 15 is 0 Å². The van der Waals surface area contributed by atoms with Crippen LogP contribution in [0.1, 0.15) is 25.6 Å². The molecule has 1 heterocycles. The van der Waals surface area contributed by atoms with Crippen molar-refractivity contribution in [2.24, 2.45) is 0 Å². The van der Waals surface area contributed by atoms with Gasteiger partial charge in [-0.05, 0) is 26.0 Å². The van der Waals surface area contributed by atoms with Crippen LogP contribution in [0, 0.1) is 19.0 Å². The Morgan fingerprint density at radius 1 is 1.36 bits per heavy atom. The molecular formula is C15H13F3NO3. The van der Waals surface area contributed by atoms with Gasteiger partial charge in [0.25, 0.3) is 5.91 Å². The zero-order valence-electron chi connectivity index (χ0n) is 11.8. The number of ether oxygens (including phenoxy) is 2. The molecule has 0 N–H and O–H groups in total. The Kier molecular flexibility index (Phi) is 4.07. The average Bonchev–Trinajstić information content (AvgIpc) is 2.80. The van der Waals surface area contributed by atoms with Gasteiger partial charge < -0.3 is 9.47 Å². The van der Waals surface area contributed by atoms with Crippen molar-refractivity contribution in [3.63, 3.8) is 0 Å². The van der Waals surface area contributed by atoms with E-state index in [4.69, 9.17) is 11.2 Å². The molecule has 1 atom stereocenters. The first-order chi connectivity index (χ1) is 10.1. The van der Waals surface area contributed by atoms with Gasteiger partial charge in [0.2, 0.25) is 0 Å². The van der Waals surface area contributed by atoms with E-state index in [1.165, 1.54) is 17.0 Å². The van der Waals surface area contributed by atoms with Crippen molar-refractivity contribution in [3.05, 3.63) is 36.4 Å². The average molecular weight is 312 g/mol. The molecule has 0 saturated carbocycles. The van der Waals surface area contributed by atoms with Crippen LogP contribution in [0.3, 0.4) is 0 Å². The maximum atomic E-state index is 12.3. The number of benzene rings is 1. The number of amides is 1. The lowest BCUT2D eigenvalue weighted by Crippen LogP contribution is -2.45. The molecule has 2 rings (SSSR count). The first kappa shape index (κ1) is 16.2.